The van der Waals surface area contributed by atoms with E-state index in [1.807, 2.05) is 20.8 Å². The third kappa shape index (κ3) is 4.91. The molecule has 206 valence electrons. The molecule has 2 aliphatic heterocycles. The molecule has 0 bridgehead atoms. The molecule has 1 saturated heterocycles. The van der Waals surface area contributed by atoms with Crippen molar-refractivity contribution < 1.29 is 28.6 Å². The van der Waals surface area contributed by atoms with Crippen molar-refractivity contribution in [2.24, 2.45) is 11.3 Å². The van der Waals surface area contributed by atoms with E-state index in [0.717, 1.165) is 0 Å². The van der Waals surface area contributed by atoms with Crippen LogP contribution in [0.25, 0.3) is 0 Å². The number of carbonyl (C=O) groups is 2. The summed E-state index contributed by atoms with van der Waals surface area (Å²) in [6.07, 6.45) is 0.377. The number of aliphatic hydroxyl groups excluding tert-OH is 2. The van der Waals surface area contributed by atoms with Gasteiger partial charge in [-0.25, -0.2) is 8.78 Å². The molecule has 2 aromatic carbocycles. The Kier molecular flexibility index (Phi) is 8.08. The van der Waals surface area contributed by atoms with Gasteiger partial charge in [-0.1, -0.05) is 56.1 Å². The Bertz CT molecular complexity index is 1250. The maximum absolute atomic E-state index is 15.7. The number of aliphatic hydroxyl groups is 2. The minimum absolute atomic E-state index is 0.0285. The Balaban J connectivity index is 1.95. The molecule has 5 N–H and O–H groups in total. The number of hydrogen-bond donors (Lipinski definition) is 5. The van der Waals surface area contributed by atoms with Gasteiger partial charge in [0.05, 0.1) is 16.1 Å². The van der Waals surface area contributed by atoms with Crippen LogP contribution in [-0.4, -0.2) is 53.9 Å². The number of fused-ring (bicyclic) bond motifs is 2. The Morgan fingerprint density at radius 1 is 1.16 bits per heavy atom. The molecule has 0 radical (unpaired) electrons. The quantitative estimate of drug-likeness (QED) is 0.349. The smallest absolute Gasteiger partial charge is 0.237 e. The highest BCUT2D eigenvalue weighted by atomic mass is 35.5. The van der Waals surface area contributed by atoms with Crippen molar-refractivity contribution in [3.05, 3.63) is 63.1 Å². The maximum atomic E-state index is 15.7. The predicted molar refractivity (Wildman–Crippen MR) is 141 cm³/mol. The topological polar surface area (TPSA) is 111 Å². The standard InChI is InChI=1S/C27H31Cl2F2N3O4/c1-26(2,3)9-20-27(15-7-18(30)17(29)8-19(15)33-25(27)38)21(14-5-4-6-16(28)22(14)31)23(34-20)24(37)32-10-13(11-35)12-36/h4-8,13,20-21,23,34-36H,9-12H2,1-3H3,(H,32,37)(H,33,38)/t20-,21+,23-,27+/m1/s1. The number of benzene rings is 2. The summed E-state index contributed by atoms with van der Waals surface area (Å²) in [6.45, 7) is 5.15. The molecule has 4 atom stereocenters. The number of carbonyl (C=O) groups excluding carboxylic acids is 2. The molecule has 2 amide bonds. The van der Waals surface area contributed by atoms with Crippen molar-refractivity contribution in [3.63, 3.8) is 0 Å². The van der Waals surface area contributed by atoms with Gasteiger partial charge in [0.2, 0.25) is 11.8 Å². The van der Waals surface area contributed by atoms with Crippen molar-refractivity contribution >= 4 is 40.7 Å². The maximum Gasteiger partial charge on any atom is 0.237 e. The summed E-state index contributed by atoms with van der Waals surface area (Å²) >= 11 is 12.2. The zero-order valence-corrected chi connectivity index (χ0v) is 22.8. The molecule has 1 fully saturated rings. The minimum Gasteiger partial charge on any atom is -0.396 e. The molecule has 0 aromatic heterocycles. The average molecular weight is 570 g/mol. The Labute approximate surface area is 229 Å². The lowest BCUT2D eigenvalue weighted by atomic mass is 9.62. The van der Waals surface area contributed by atoms with Crippen LogP contribution in [0.2, 0.25) is 10.0 Å². The minimum atomic E-state index is -1.59. The van der Waals surface area contributed by atoms with E-state index in [-0.39, 0.29) is 52.0 Å². The van der Waals surface area contributed by atoms with Crippen LogP contribution in [0.4, 0.5) is 14.5 Å². The first kappa shape index (κ1) is 28.7. The summed E-state index contributed by atoms with van der Waals surface area (Å²) in [5.74, 6) is -4.34. The first-order chi connectivity index (χ1) is 17.8. The summed E-state index contributed by atoms with van der Waals surface area (Å²) in [4.78, 5) is 27.6. The highest BCUT2D eigenvalue weighted by molar-refractivity contribution is 6.31. The van der Waals surface area contributed by atoms with Gasteiger partial charge >= 0.3 is 0 Å². The summed E-state index contributed by atoms with van der Waals surface area (Å²) in [7, 11) is 0. The summed E-state index contributed by atoms with van der Waals surface area (Å²) in [5.41, 5.74) is -1.35. The van der Waals surface area contributed by atoms with E-state index in [1.54, 1.807) is 0 Å². The number of hydrogen-bond acceptors (Lipinski definition) is 5. The normalized spacial score (nSPS) is 24.7. The number of nitrogens with one attached hydrogen (secondary N) is 3. The predicted octanol–water partition coefficient (Wildman–Crippen LogP) is 3.74. The van der Waals surface area contributed by atoms with Crippen molar-refractivity contribution in [2.75, 3.05) is 25.1 Å². The second-order valence-electron chi connectivity index (χ2n) is 11.2. The van der Waals surface area contributed by atoms with Crippen LogP contribution in [0.15, 0.2) is 30.3 Å². The van der Waals surface area contributed by atoms with E-state index in [4.69, 9.17) is 23.2 Å². The van der Waals surface area contributed by atoms with Crippen LogP contribution in [-0.2, 0) is 15.0 Å². The van der Waals surface area contributed by atoms with Gasteiger partial charge in [0.25, 0.3) is 0 Å². The molecule has 7 nitrogen and oxygen atoms in total. The number of halogens is 4. The molecule has 2 aliphatic rings. The van der Waals surface area contributed by atoms with Gasteiger partial charge in [-0.2, -0.15) is 0 Å². The van der Waals surface area contributed by atoms with E-state index >= 15 is 4.39 Å². The summed E-state index contributed by atoms with van der Waals surface area (Å²) in [5, 5.41) is 27.3. The van der Waals surface area contributed by atoms with Crippen LogP contribution >= 0.6 is 23.2 Å². The second-order valence-corrected chi connectivity index (χ2v) is 12.0. The Morgan fingerprint density at radius 2 is 1.84 bits per heavy atom. The molecule has 2 heterocycles. The van der Waals surface area contributed by atoms with Gasteiger partial charge in [0.15, 0.2) is 0 Å². The van der Waals surface area contributed by atoms with E-state index < -0.39 is 52.8 Å². The number of rotatable bonds is 7. The van der Waals surface area contributed by atoms with E-state index in [2.05, 4.69) is 16.0 Å². The molecule has 2 aromatic rings. The lowest BCUT2D eigenvalue weighted by Crippen LogP contribution is -2.49. The molecule has 0 saturated carbocycles. The largest absolute Gasteiger partial charge is 0.396 e. The molecule has 4 rings (SSSR count). The Hall–Kier alpha value is -2.30. The molecule has 1 spiro atoms. The van der Waals surface area contributed by atoms with Gasteiger partial charge in [0, 0.05) is 43.3 Å². The van der Waals surface area contributed by atoms with Crippen LogP contribution in [0.3, 0.4) is 0 Å². The number of anilines is 1. The SMILES string of the molecule is CC(C)(C)C[C@H]1N[C@@H](C(=O)NCC(CO)CO)[C@H](c2cccc(Cl)c2F)[C@@]12C(=O)Nc1cc(Cl)c(F)cc12. The molecule has 0 unspecified atom stereocenters. The first-order valence-corrected chi connectivity index (χ1v) is 13.1. The van der Waals surface area contributed by atoms with Gasteiger partial charge in [-0.3, -0.25) is 9.59 Å². The third-order valence-electron chi connectivity index (χ3n) is 7.38. The van der Waals surface area contributed by atoms with Gasteiger partial charge < -0.3 is 26.2 Å². The van der Waals surface area contributed by atoms with Crippen molar-refractivity contribution in [3.8, 4) is 0 Å². The van der Waals surface area contributed by atoms with Crippen LogP contribution in [0.1, 0.15) is 44.2 Å². The fourth-order valence-electron chi connectivity index (χ4n) is 5.71. The summed E-state index contributed by atoms with van der Waals surface area (Å²) in [6, 6.07) is 5.02. The lowest BCUT2D eigenvalue weighted by molar-refractivity contribution is -0.124. The van der Waals surface area contributed by atoms with E-state index in [0.29, 0.717) is 6.42 Å². The average Bonchev–Trinajstić information content (AvgIpc) is 3.31. The van der Waals surface area contributed by atoms with Gasteiger partial charge in [-0.15, -0.1) is 0 Å². The van der Waals surface area contributed by atoms with E-state index in [1.165, 1.54) is 30.3 Å². The van der Waals surface area contributed by atoms with Crippen molar-refractivity contribution in [1.82, 2.24) is 10.6 Å². The fourth-order valence-corrected chi connectivity index (χ4v) is 6.05. The van der Waals surface area contributed by atoms with Crippen molar-refractivity contribution in [1.29, 1.82) is 0 Å². The zero-order chi connectivity index (χ0) is 28.0. The van der Waals surface area contributed by atoms with E-state index in [9.17, 15) is 24.2 Å². The van der Waals surface area contributed by atoms with Crippen LogP contribution in [0, 0.1) is 23.0 Å². The molecule has 38 heavy (non-hydrogen) atoms. The Morgan fingerprint density at radius 3 is 2.47 bits per heavy atom. The van der Waals surface area contributed by atoms with Crippen molar-refractivity contribution in [2.45, 2.75) is 50.6 Å². The summed E-state index contributed by atoms with van der Waals surface area (Å²) < 4.78 is 30.6. The highest BCUT2D eigenvalue weighted by Gasteiger charge is 2.66. The fraction of sp³-hybridized carbons (Fsp3) is 0.481. The van der Waals surface area contributed by atoms with Crippen LogP contribution < -0.4 is 16.0 Å². The molecular weight excluding hydrogens is 539 g/mol. The molecule has 11 heteroatoms. The van der Waals surface area contributed by atoms with Gasteiger partial charge in [-0.05, 0) is 41.2 Å². The second kappa shape index (κ2) is 10.7. The van der Waals surface area contributed by atoms with Crippen LogP contribution in [0.5, 0.6) is 0 Å². The highest BCUT2D eigenvalue weighted by Crippen LogP contribution is 2.57. The number of amides is 2. The lowest BCUT2D eigenvalue weighted by Gasteiger charge is -2.37. The zero-order valence-electron chi connectivity index (χ0n) is 21.2. The first-order valence-electron chi connectivity index (χ1n) is 12.4. The van der Waals surface area contributed by atoms with Gasteiger partial charge in [0.1, 0.15) is 17.0 Å². The molecular formula is C27H31Cl2F2N3O4. The monoisotopic (exact) mass is 569 g/mol. The molecule has 0 aliphatic carbocycles. The third-order valence-corrected chi connectivity index (χ3v) is 7.96.